The van der Waals surface area contributed by atoms with E-state index in [1.54, 1.807) is 6.20 Å². The summed E-state index contributed by atoms with van der Waals surface area (Å²) in [5.41, 5.74) is 6.27. The SMILES string of the molecule is Cc1ccc(NC(=O)c2cnn(-c3ccccc3)c2-c2ccccc2)cc1C. The van der Waals surface area contributed by atoms with Crippen molar-refractivity contribution in [3.05, 3.63) is 102 Å². The molecule has 0 spiro atoms. The van der Waals surface area contributed by atoms with Gasteiger partial charge in [-0.25, -0.2) is 4.68 Å². The number of nitrogens with one attached hydrogen (secondary N) is 1. The van der Waals surface area contributed by atoms with Crippen LogP contribution in [0.5, 0.6) is 0 Å². The molecule has 1 amide bonds. The van der Waals surface area contributed by atoms with E-state index in [2.05, 4.69) is 17.3 Å². The van der Waals surface area contributed by atoms with Gasteiger partial charge in [-0.3, -0.25) is 4.79 Å². The third kappa shape index (κ3) is 3.45. The molecule has 4 rings (SSSR count). The van der Waals surface area contributed by atoms with E-state index in [4.69, 9.17) is 0 Å². The number of carbonyl (C=O) groups is 1. The van der Waals surface area contributed by atoms with Gasteiger partial charge < -0.3 is 5.32 Å². The summed E-state index contributed by atoms with van der Waals surface area (Å²) in [6.45, 7) is 4.09. The predicted molar refractivity (Wildman–Crippen MR) is 113 cm³/mol. The van der Waals surface area contributed by atoms with Crippen molar-refractivity contribution in [2.45, 2.75) is 13.8 Å². The number of rotatable bonds is 4. The normalized spacial score (nSPS) is 10.6. The quantitative estimate of drug-likeness (QED) is 0.524. The average molecular weight is 367 g/mol. The highest BCUT2D eigenvalue weighted by Crippen LogP contribution is 2.27. The van der Waals surface area contributed by atoms with Crippen molar-refractivity contribution in [2.24, 2.45) is 0 Å². The summed E-state index contributed by atoms with van der Waals surface area (Å²) in [7, 11) is 0. The van der Waals surface area contributed by atoms with E-state index in [0.717, 1.165) is 28.2 Å². The zero-order valence-corrected chi connectivity index (χ0v) is 15.9. The molecule has 0 saturated heterocycles. The van der Waals surface area contributed by atoms with E-state index in [-0.39, 0.29) is 5.91 Å². The second-order valence-electron chi connectivity index (χ2n) is 6.77. The van der Waals surface area contributed by atoms with Crippen LogP contribution in [0, 0.1) is 13.8 Å². The third-order valence-corrected chi connectivity index (χ3v) is 4.83. The lowest BCUT2D eigenvalue weighted by atomic mass is 10.1. The highest BCUT2D eigenvalue weighted by Gasteiger charge is 2.20. The number of aryl methyl sites for hydroxylation is 2. The zero-order chi connectivity index (χ0) is 19.5. The summed E-state index contributed by atoms with van der Waals surface area (Å²) in [5.74, 6) is -0.177. The van der Waals surface area contributed by atoms with Gasteiger partial charge in [0.05, 0.1) is 23.1 Å². The van der Waals surface area contributed by atoms with Crippen LogP contribution in [0.4, 0.5) is 5.69 Å². The van der Waals surface area contributed by atoms with Crippen LogP contribution in [0.2, 0.25) is 0 Å². The van der Waals surface area contributed by atoms with Crippen molar-refractivity contribution >= 4 is 11.6 Å². The van der Waals surface area contributed by atoms with Crippen molar-refractivity contribution in [3.63, 3.8) is 0 Å². The highest BCUT2D eigenvalue weighted by molar-refractivity contribution is 6.08. The third-order valence-electron chi connectivity index (χ3n) is 4.83. The number of anilines is 1. The largest absolute Gasteiger partial charge is 0.322 e. The van der Waals surface area contributed by atoms with Crippen LogP contribution in [-0.2, 0) is 0 Å². The van der Waals surface area contributed by atoms with Gasteiger partial charge in [-0.2, -0.15) is 5.10 Å². The monoisotopic (exact) mass is 367 g/mol. The van der Waals surface area contributed by atoms with Crippen molar-refractivity contribution in [1.82, 2.24) is 9.78 Å². The Balaban J connectivity index is 1.77. The number of hydrogen-bond acceptors (Lipinski definition) is 2. The minimum atomic E-state index is -0.177. The van der Waals surface area contributed by atoms with Gasteiger partial charge in [0.25, 0.3) is 5.91 Å². The molecule has 0 unspecified atom stereocenters. The number of hydrogen-bond donors (Lipinski definition) is 1. The maximum absolute atomic E-state index is 13.1. The molecule has 4 heteroatoms. The van der Waals surface area contributed by atoms with Crippen molar-refractivity contribution in [1.29, 1.82) is 0 Å². The molecule has 0 radical (unpaired) electrons. The second-order valence-corrected chi connectivity index (χ2v) is 6.77. The maximum Gasteiger partial charge on any atom is 0.259 e. The molecule has 1 heterocycles. The summed E-state index contributed by atoms with van der Waals surface area (Å²) in [6, 6.07) is 25.6. The van der Waals surface area contributed by atoms with Gasteiger partial charge in [0.15, 0.2) is 0 Å². The number of para-hydroxylation sites is 1. The lowest BCUT2D eigenvalue weighted by molar-refractivity contribution is 0.102. The first-order chi connectivity index (χ1) is 13.6. The van der Waals surface area contributed by atoms with Gasteiger partial charge in [0.1, 0.15) is 0 Å². The van der Waals surface area contributed by atoms with Crippen LogP contribution in [-0.4, -0.2) is 15.7 Å². The molecular weight excluding hydrogens is 346 g/mol. The fourth-order valence-electron chi connectivity index (χ4n) is 3.17. The predicted octanol–water partition coefficient (Wildman–Crippen LogP) is 5.41. The average Bonchev–Trinajstić information content (AvgIpc) is 3.17. The summed E-state index contributed by atoms with van der Waals surface area (Å²) >= 11 is 0. The van der Waals surface area contributed by atoms with E-state index in [0.29, 0.717) is 5.56 Å². The fraction of sp³-hybridized carbons (Fsp3) is 0.0833. The van der Waals surface area contributed by atoms with Gasteiger partial charge in [0, 0.05) is 11.3 Å². The first kappa shape index (κ1) is 17.7. The summed E-state index contributed by atoms with van der Waals surface area (Å²) in [6.07, 6.45) is 1.63. The number of nitrogens with zero attached hydrogens (tertiary/aromatic N) is 2. The topological polar surface area (TPSA) is 46.9 Å². The van der Waals surface area contributed by atoms with Crippen LogP contribution in [0.3, 0.4) is 0 Å². The van der Waals surface area contributed by atoms with Crippen molar-refractivity contribution < 1.29 is 4.79 Å². The summed E-state index contributed by atoms with van der Waals surface area (Å²) < 4.78 is 1.81. The van der Waals surface area contributed by atoms with E-state index in [9.17, 15) is 4.79 Å². The van der Waals surface area contributed by atoms with Gasteiger partial charge in [-0.05, 0) is 49.2 Å². The molecule has 28 heavy (non-hydrogen) atoms. The standard InChI is InChI=1S/C24H21N3O/c1-17-13-14-20(15-18(17)2)26-24(28)22-16-25-27(21-11-7-4-8-12-21)23(22)19-9-5-3-6-10-19/h3-16H,1-2H3,(H,26,28). The molecule has 0 fully saturated rings. The zero-order valence-electron chi connectivity index (χ0n) is 15.9. The summed E-state index contributed by atoms with van der Waals surface area (Å²) in [4.78, 5) is 13.1. The summed E-state index contributed by atoms with van der Waals surface area (Å²) in [5, 5.41) is 7.52. The molecule has 4 nitrogen and oxygen atoms in total. The lowest BCUT2D eigenvalue weighted by Gasteiger charge is -2.11. The molecule has 1 N–H and O–H groups in total. The van der Waals surface area contributed by atoms with Gasteiger partial charge in [0.2, 0.25) is 0 Å². The lowest BCUT2D eigenvalue weighted by Crippen LogP contribution is -2.13. The van der Waals surface area contributed by atoms with Crippen LogP contribution >= 0.6 is 0 Å². The van der Waals surface area contributed by atoms with Crippen LogP contribution in [0.15, 0.2) is 85.1 Å². The smallest absolute Gasteiger partial charge is 0.259 e. The minimum absolute atomic E-state index is 0.177. The van der Waals surface area contributed by atoms with Crippen molar-refractivity contribution in [2.75, 3.05) is 5.32 Å². The van der Waals surface area contributed by atoms with Gasteiger partial charge >= 0.3 is 0 Å². The Bertz CT molecular complexity index is 1120. The Kier molecular flexibility index (Phi) is 4.77. The van der Waals surface area contributed by atoms with E-state index in [1.165, 1.54) is 5.56 Å². The first-order valence-corrected chi connectivity index (χ1v) is 9.21. The molecule has 1 aromatic heterocycles. The Morgan fingerprint density at radius 3 is 2.21 bits per heavy atom. The molecule has 0 atom stereocenters. The van der Waals surface area contributed by atoms with E-state index >= 15 is 0 Å². The molecular formula is C24H21N3O. The van der Waals surface area contributed by atoms with E-state index < -0.39 is 0 Å². The molecule has 0 saturated carbocycles. The Hall–Kier alpha value is -3.66. The molecule has 138 valence electrons. The van der Waals surface area contributed by atoms with E-state index in [1.807, 2.05) is 90.5 Å². The van der Waals surface area contributed by atoms with Crippen LogP contribution in [0.25, 0.3) is 16.9 Å². The maximum atomic E-state index is 13.1. The molecule has 0 bridgehead atoms. The van der Waals surface area contributed by atoms with Crippen LogP contribution in [0.1, 0.15) is 21.5 Å². The molecule has 0 aliphatic heterocycles. The number of aromatic nitrogens is 2. The number of carbonyl (C=O) groups excluding carboxylic acids is 1. The van der Waals surface area contributed by atoms with Gasteiger partial charge in [-0.1, -0.05) is 54.6 Å². The minimum Gasteiger partial charge on any atom is -0.322 e. The number of amides is 1. The van der Waals surface area contributed by atoms with Crippen LogP contribution < -0.4 is 5.32 Å². The molecule has 0 aliphatic rings. The highest BCUT2D eigenvalue weighted by atomic mass is 16.1. The first-order valence-electron chi connectivity index (χ1n) is 9.21. The molecule has 0 aliphatic carbocycles. The Labute approximate surface area is 164 Å². The Morgan fingerprint density at radius 2 is 1.54 bits per heavy atom. The van der Waals surface area contributed by atoms with Crippen molar-refractivity contribution in [3.8, 4) is 16.9 Å². The molecule has 4 aromatic rings. The Morgan fingerprint density at radius 1 is 0.857 bits per heavy atom. The number of benzene rings is 3. The van der Waals surface area contributed by atoms with Gasteiger partial charge in [-0.15, -0.1) is 0 Å². The fourth-order valence-corrected chi connectivity index (χ4v) is 3.17. The molecule has 3 aromatic carbocycles. The second kappa shape index (κ2) is 7.53.